The topological polar surface area (TPSA) is 32.3 Å². The van der Waals surface area contributed by atoms with Crippen molar-refractivity contribution in [2.24, 2.45) is 5.92 Å². The SMILES string of the molecule is Cl.O=C(CC1CCNC1)N1CCSCC1. The zero-order valence-electron chi connectivity index (χ0n) is 8.91. The quantitative estimate of drug-likeness (QED) is 0.793. The number of hydrogen-bond donors (Lipinski definition) is 1. The molecular formula is C10H19ClN2OS. The van der Waals surface area contributed by atoms with Gasteiger partial charge in [-0.15, -0.1) is 12.4 Å². The fraction of sp³-hybridized carbons (Fsp3) is 0.900. The summed E-state index contributed by atoms with van der Waals surface area (Å²) in [7, 11) is 0. The Labute approximate surface area is 102 Å². The van der Waals surface area contributed by atoms with Gasteiger partial charge in [0, 0.05) is 31.0 Å². The normalized spacial score (nSPS) is 26.1. The molecule has 2 aliphatic heterocycles. The van der Waals surface area contributed by atoms with E-state index < -0.39 is 0 Å². The molecule has 2 fully saturated rings. The molecule has 2 heterocycles. The van der Waals surface area contributed by atoms with E-state index in [2.05, 4.69) is 5.32 Å². The maximum absolute atomic E-state index is 11.8. The minimum atomic E-state index is 0. The monoisotopic (exact) mass is 250 g/mol. The largest absolute Gasteiger partial charge is 0.341 e. The third-order valence-electron chi connectivity index (χ3n) is 2.99. The van der Waals surface area contributed by atoms with Gasteiger partial charge in [-0.1, -0.05) is 0 Å². The van der Waals surface area contributed by atoms with Crippen LogP contribution in [0.15, 0.2) is 0 Å². The highest BCUT2D eigenvalue weighted by atomic mass is 35.5. The van der Waals surface area contributed by atoms with Gasteiger partial charge in [-0.2, -0.15) is 11.8 Å². The first kappa shape index (κ1) is 13.1. The third kappa shape index (κ3) is 3.85. The van der Waals surface area contributed by atoms with Gasteiger partial charge in [0.2, 0.25) is 5.91 Å². The van der Waals surface area contributed by atoms with E-state index >= 15 is 0 Å². The van der Waals surface area contributed by atoms with Crippen molar-refractivity contribution in [2.45, 2.75) is 12.8 Å². The molecule has 1 unspecified atom stereocenters. The molecule has 15 heavy (non-hydrogen) atoms. The Kier molecular flexibility index (Phi) is 5.79. The predicted molar refractivity (Wildman–Crippen MR) is 66.7 cm³/mol. The van der Waals surface area contributed by atoms with Crippen LogP contribution in [0, 0.1) is 5.92 Å². The average Bonchev–Trinajstić information content (AvgIpc) is 2.72. The Morgan fingerprint density at radius 1 is 1.40 bits per heavy atom. The predicted octanol–water partition coefficient (Wildman–Crippen LogP) is 0.983. The number of halogens is 1. The van der Waals surface area contributed by atoms with Gasteiger partial charge in [-0.05, 0) is 25.4 Å². The van der Waals surface area contributed by atoms with E-state index in [-0.39, 0.29) is 12.4 Å². The Morgan fingerprint density at radius 2 is 2.13 bits per heavy atom. The molecule has 0 bridgehead atoms. The maximum atomic E-state index is 11.8. The van der Waals surface area contributed by atoms with Crippen molar-refractivity contribution in [3.05, 3.63) is 0 Å². The Bertz CT molecular complexity index is 204. The first-order valence-electron chi connectivity index (χ1n) is 5.42. The highest BCUT2D eigenvalue weighted by molar-refractivity contribution is 7.99. The summed E-state index contributed by atoms with van der Waals surface area (Å²) in [5.74, 6) is 3.21. The molecule has 0 saturated carbocycles. The van der Waals surface area contributed by atoms with Crippen LogP contribution in [0.2, 0.25) is 0 Å². The fourth-order valence-corrected chi connectivity index (χ4v) is 2.98. The molecule has 2 rings (SSSR count). The molecule has 3 nitrogen and oxygen atoms in total. The maximum Gasteiger partial charge on any atom is 0.222 e. The summed E-state index contributed by atoms with van der Waals surface area (Å²) in [6.45, 7) is 4.05. The van der Waals surface area contributed by atoms with Gasteiger partial charge >= 0.3 is 0 Å². The van der Waals surface area contributed by atoms with E-state index in [4.69, 9.17) is 0 Å². The zero-order chi connectivity index (χ0) is 9.80. The molecule has 2 saturated heterocycles. The molecule has 1 N–H and O–H groups in total. The van der Waals surface area contributed by atoms with Crippen LogP contribution in [0.25, 0.3) is 0 Å². The van der Waals surface area contributed by atoms with Gasteiger partial charge < -0.3 is 10.2 Å². The smallest absolute Gasteiger partial charge is 0.222 e. The summed E-state index contributed by atoms with van der Waals surface area (Å²) in [6, 6.07) is 0. The first-order valence-corrected chi connectivity index (χ1v) is 6.58. The Balaban J connectivity index is 0.00000112. The lowest BCUT2D eigenvalue weighted by atomic mass is 10.0. The number of nitrogens with one attached hydrogen (secondary N) is 1. The molecular weight excluding hydrogens is 232 g/mol. The van der Waals surface area contributed by atoms with Gasteiger partial charge in [-0.25, -0.2) is 0 Å². The lowest BCUT2D eigenvalue weighted by Gasteiger charge is -2.27. The van der Waals surface area contributed by atoms with Crippen LogP contribution in [0.1, 0.15) is 12.8 Å². The molecule has 0 radical (unpaired) electrons. The van der Waals surface area contributed by atoms with E-state index in [0.29, 0.717) is 11.8 Å². The number of carbonyl (C=O) groups is 1. The standard InChI is InChI=1S/C10H18N2OS.ClH/c13-10(7-9-1-2-11-8-9)12-3-5-14-6-4-12;/h9,11H,1-8H2;1H. The van der Waals surface area contributed by atoms with E-state index in [0.717, 1.165) is 44.1 Å². The molecule has 0 spiro atoms. The molecule has 5 heteroatoms. The number of hydrogen-bond acceptors (Lipinski definition) is 3. The van der Waals surface area contributed by atoms with Crippen LogP contribution in [0.3, 0.4) is 0 Å². The second-order valence-corrected chi connectivity index (χ2v) is 5.28. The van der Waals surface area contributed by atoms with Crippen molar-refractivity contribution in [2.75, 3.05) is 37.7 Å². The van der Waals surface area contributed by atoms with Crippen molar-refractivity contribution >= 4 is 30.1 Å². The molecule has 2 aliphatic rings. The van der Waals surface area contributed by atoms with E-state index in [1.165, 1.54) is 6.42 Å². The zero-order valence-corrected chi connectivity index (χ0v) is 10.5. The molecule has 0 aromatic heterocycles. The third-order valence-corrected chi connectivity index (χ3v) is 3.93. The molecule has 0 aromatic carbocycles. The number of nitrogens with zero attached hydrogens (tertiary/aromatic N) is 1. The molecule has 1 amide bonds. The Morgan fingerprint density at radius 3 is 2.73 bits per heavy atom. The van der Waals surface area contributed by atoms with E-state index in [1.807, 2.05) is 16.7 Å². The lowest BCUT2D eigenvalue weighted by molar-refractivity contribution is -0.131. The fourth-order valence-electron chi connectivity index (χ4n) is 2.08. The second kappa shape index (κ2) is 6.61. The van der Waals surface area contributed by atoms with Crippen LogP contribution >= 0.6 is 24.2 Å². The minimum absolute atomic E-state index is 0. The van der Waals surface area contributed by atoms with Crippen LogP contribution in [0.5, 0.6) is 0 Å². The Hall–Kier alpha value is 0.0700. The van der Waals surface area contributed by atoms with Gasteiger partial charge in [0.05, 0.1) is 0 Å². The van der Waals surface area contributed by atoms with Gasteiger partial charge in [-0.3, -0.25) is 4.79 Å². The van der Waals surface area contributed by atoms with Crippen LogP contribution in [-0.4, -0.2) is 48.5 Å². The van der Waals surface area contributed by atoms with Crippen molar-refractivity contribution in [1.82, 2.24) is 10.2 Å². The highest BCUT2D eigenvalue weighted by Gasteiger charge is 2.22. The van der Waals surface area contributed by atoms with Crippen LogP contribution in [0.4, 0.5) is 0 Å². The van der Waals surface area contributed by atoms with E-state index in [9.17, 15) is 4.79 Å². The lowest BCUT2D eigenvalue weighted by Crippen LogP contribution is -2.38. The molecule has 0 aromatic rings. The van der Waals surface area contributed by atoms with Gasteiger partial charge in [0.1, 0.15) is 0 Å². The summed E-state index contributed by atoms with van der Waals surface area (Å²) < 4.78 is 0. The number of amides is 1. The summed E-state index contributed by atoms with van der Waals surface area (Å²) in [5, 5.41) is 3.31. The van der Waals surface area contributed by atoms with Crippen molar-refractivity contribution in [3.8, 4) is 0 Å². The minimum Gasteiger partial charge on any atom is -0.341 e. The summed E-state index contributed by atoms with van der Waals surface area (Å²) >= 11 is 1.95. The van der Waals surface area contributed by atoms with Gasteiger partial charge in [0.25, 0.3) is 0 Å². The highest BCUT2D eigenvalue weighted by Crippen LogP contribution is 2.16. The van der Waals surface area contributed by atoms with Crippen LogP contribution in [-0.2, 0) is 4.79 Å². The first-order chi connectivity index (χ1) is 6.86. The molecule has 88 valence electrons. The van der Waals surface area contributed by atoms with Crippen molar-refractivity contribution < 1.29 is 4.79 Å². The molecule has 0 aliphatic carbocycles. The van der Waals surface area contributed by atoms with Crippen molar-refractivity contribution in [3.63, 3.8) is 0 Å². The van der Waals surface area contributed by atoms with Gasteiger partial charge in [0.15, 0.2) is 0 Å². The second-order valence-electron chi connectivity index (χ2n) is 4.06. The van der Waals surface area contributed by atoms with Crippen molar-refractivity contribution in [1.29, 1.82) is 0 Å². The molecule has 1 atom stereocenters. The number of carbonyl (C=O) groups excluding carboxylic acids is 1. The number of thioether (sulfide) groups is 1. The van der Waals surface area contributed by atoms with Crippen LogP contribution < -0.4 is 5.32 Å². The average molecular weight is 251 g/mol. The number of rotatable bonds is 2. The van der Waals surface area contributed by atoms with E-state index in [1.54, 1.807) is 0 Å². The summed E-state index contributed by atoms with van der Waals surface area (Å²) in [5.41, 5.74) is 0. The summed E-state index contributed by atoms with van der Waals surface area (Å²) in [6.07, 6.45) is 1.94. The summed E-state index contributed by atoms with van der Waals surface area (Å²) in [4.78, 5) is 13.9.